The Hall–Kier alpha value is -2.05. The molecule has 2 aromatic rings. The van der Waals surface area contributed by atoms with E-state index in [9.17, 15) is 9.18 Å². The molecule has 1 amide bonds. The van der Waals surface area contributed by atoms with Gasteiger partial charge < -0.3 is 16.8 Å². The summed E-state index contributed by atoms with van der Waals surface area (Å²) in [6.07, 6.45) is 10.1. The van der Waals surface area contributed by atoms with Crippen molar-refractivity contribution >= 4 is 16.8 Å². The van der Waals surface area contributed by atoms with Gasteiger partial charge in [0.2, 0.25) is 5.91 Å². The van der Waals surface area contributed by atoms with Crippen molar-refractivity contribution in [3.8, 4) is 0 Å². The molecule has 0 unspecified atom stereocenters. The Morgan fingerprint density at radius 3 is 2.53 bits per heavy atom. The maximum Gasteiger partial charge on any atom is 0.224 e. The predicted molar refractivity (Wildman–Crippen MR) is 117 cm³/mol. The Kier molecular flexibility index (Phi) is 5.82. The first-order valence-corrected chi connectivity index (χ1v) is 11.2. The Morgan fingerprint density at radius 1 is 1.13 bits per heavy atom. The number of aromatic nitrogens is 1. The van der Waals surface area contributed by atoms with Crippen molar-refractivity contribution in [2.24, 2.45) is 17.4 Å². The molecule has 4 rings (SSSR count). The quantitative estimate of drug-likeness (QED) is 0.710. The number of nitrogens with two attached hydrogens (primary N) is 2. The summed E-state index contributed by atoms with van der Waals surface area (Å²) in [7, 11) is 0. The molecule has 1 aromatic heterocycles. The summed E-state index contributed by atoms with van der Waals surface area (Å²) in [6.45, 7) is 1.94. The van der Waals surface area contributed by atoms with Crippen LogP contribution in [-0.4, -0.2) is 22.5 Å². The van der Waals surface area contributed by atoms with Gasteiger partial charge in [-0.3, -0.25) is 9.78 Å². The minimum absolute atomic E-state index is 0.0605. The Morgan fingerprint density at radius 2 is 1.83 bits per heavy atom. The number of pyridine rings is 1. The third-order valence-electron chi connectivity index (χ3n) is 7.52. The molecule has 0 bridgehead atoms. The fourth-order valence-corrected chi connectivity index (χ4v) is 5.25. The van der Waals surface area contributed by atoms with Crippen LogP contribution < -0.4 is 16.8 Å². The molecule has 5 nitrogen and oxygen atoms in total. The molecule has 0 aliphatic heterocycles. The van der Waals surface area contributed by atoms with Crippen LogP contribution in [0.1, 0.15) is 70.3 Å². The summed E-state index contributed by atoms with van der Waals surface area (Å²) < 4.78 is 13.9. The van der Waals surface area contributed by atoms with Gasteiger partial charge in [0, 0.05) is 28.7 Å². The molecule has 1 heterocycles. The zero-order valence-electron chi connectivity index (χ0n) is 17.8. The van der Waals surface area contributed by atoms with Crippen LogP contribution >= 0.6 is 0 Å². The standard InChI is InChI=1S/C24H33FN4O/c1-16(22(30)29-18-5-3-2-4-6-18)23(26)10-12-24(27,13-11-23)20-9-14-28-21-8-7-17(25)15-19(20)21/h7-9,14-16,18H,2-6,10-13,26-27H2,1H3,(H,29,30)/t16-,23-,24+/m0/s1. The lowest BCUT2D eigenvalue weighted by atomic mass is 9.65. The Balaban J connectivity index is 1.48. The zero-order chi connectivity index (χ0) is 21.4. The highest BCUT2D eigenvalue weighted by Gasteiger charge is 2.45. The maximum atomic E-state index is 13.9. The second-order valence-corrected chi connectivity index (χ2v) is 9.47. The van der Waals surface area contributed by atoms with Gasteiger partial charge in [0.25, 0.3) is 0 Å². The van der Waals surface area contributed by atoms with Crippen LogP contribution in [0.3, 0.4) is 0 Å². The molecule has 1 aromatic carbocycles. The molecule has 2 saturated carbocycles. The molecule has 0 spiro atoms. The Labute approximate surface area is 177 Å². The number of carbonyl (C=O) groups excluding carboxylic acids is 1. The van der Waals surface area contributed by atoms with Crippen LogP contribution in [0, 0.1) is 11.7 Å². The third kappa shape index (κ3) is 4.08. The molecule has 162 valence electrons. The summed E-state index contributed by atoms with van der Waals surface area (Å²) in [4.78, 5) is 17.2. The van der Waals surface area contributed by atoms with Crippen molar-refractivity contribution in [2.45, 2.75) is 81.8 Å². The number of benzene rings is 1. The summed E-state index contributed by atoms with van der Waals surface area (Å²) in [6, 6.07) is 6.79. The lowest BCUT2D eigenvalue weighted by Crippen LogP contribution is -2.58. The van der Waals surface area contributed by atoms with Gasteiger partial charge in [-0.15, -0.1) is 0 Å². The second-order valence-electron chi connectivity index (χ2n) is 9.47. The summed E-state index contributed by atoms with van der Waals surface area (Å²) in [5.74, 6) is -0.502. The molecular weight excluding hydrogens is 379 g/mol. The van der Waals surface area contributed by atoms with Crippen molar-refractivity contribution in [3.63, 3.8) is 0 Å². The summed E-state index contributed by atoms with van der Waals surface area (Å²) >= 11 is 0. The van der Waals surface area contributed by atoms with Crippen molar-refractivity contribution in [1.29, 1.82) is 0 Å². The van der Waals surface area contributed by atoms with Gasteiger partial charge in [-0.2, -0.15) is 0 Å². The number of hydrogen-bond donors (Lipinski definition) is 3. The SMILES string of the molecule is C[C@@H](C(=O)NC1CCCCC1)[C@]1(N)CC[C@](N)(c2ccnc3ccc(F)cc32)CC1. The lowest BCUT2D eigenvalue weighted by Gasteiger charge is -2.46. The number of fused-ring (bicyclic) bond motifs is 1. The van der Waals surface area contributed by atoms with E-state index in [1.165, 1.54) is 31.4 Å². The van der Waals surface area contributed by atoms with E-state index < -0.39 is 11.1 Å². The fraction of sp³-hybridized carbons (Fsp3) is 0.583. The lowest BCUT2D eigenvalue weighted by molar-refractivity contribution is -0.128. The molecule has 30 heavy (non-hydrogen) atoms. The van der Waals surface area contributed by atoms with Crippen molar-refractivity contribution in [3.05, 3.63) is 41.8 Å². The average Bonchev–Trinajstić information content (AvgIpc) is 2.75. The molecular formula is C24H33FN4O. The number of rotatable bonds is 4. The first-order chi connectivity index (χ1) is 14.3. The van der Waals surface area contributed by atoms with E-state index in [2.05, 4.69) is 10.3 Å². The second kappa shape index (κ2) is 8.23. The molecule has 0 saturated heterocycles. The van der Waals surface area contributed by atoms with E-state index in [0.29, 0.717) is 25.7 Å². The molecule has 1 atom stereocenters. The van der Waals surface area contributed by atoms with Crippen molar-refractivity contribution in [2.75, 3.05) is 0 Å². The molecule has 5 N–H and O–H groups in total. The summed E-state index contributed by atoms with van der Waals surface area (Å²) in [5, 5.41) is 3.98. The number of carbonyl (C=O) groups is 1. The highest BCUT2D eigenvalue weighted by molar-refractivity contribution is 5.83. The molecule has 2 aliphatic carbocycles. The van der Waals surface area contributed by atoms with Gasteiger partial charge >= 0.3 is 0 Å². The van der Waals surface area contributed by atoms with Crippen LogP contribution in [0.4, 0.5) is 4.39 Å². The van der Waals surface area contributed by atoms with Crippen LogP contribution in [0.25, 0.3) is 10.9 Å². The average molecular weight is 413 g/mol. The van der Waals surface area contributed by atoms with E-state index in [0.717, 1.165) is 29.3 Å². The van der Waals surface area contributed by atoms with Gasteiger partial charge in [-0.25, -0.2) is 4.39 Å². The van der Waals surface area contributed by atoms with E-state index >= 15 is 0 Å². The normalized spacial score (nSPS) is 28.9. The third-order valence-corrected chi connectivity index (χ3v) is 7.52. The van der Waals surface area contributed by atoms with Crippen LogP contribution in [0.2, 0.25) is 0 Å². The van der Waals surface area contributed by atoms with Gasteiger partial charge in [0.15, 0.2) is 0 Å². The van der Waals surface area contributed by atoms with Gasteiger partial charge in [0.05, 0.1) is 11.4 Å². The molecule has 2 aliphatic rings. The van der Waals surface area contributed by atoms with E-state index in [-0.39, 0.29) is 23.7 Å². The number of nitrogens with one attached hydrogen (secondary N) is 1. The highest BCUT2D eigenvalue weighted by atomic mass is 19.1. The number of hydrogen-bond acceptors (Lipinski definition) is 4. The van der Waals surface area contributed by atoms with Gasteiger partial charge in [0.1, 0.15) is 5.82 Å². The van der Waals surface area contributed by atoms with Crippen LogP contribution in [0.5, 0.6) is 0 Å². The summed E-state index contributed by atoms with van der Waals surface area (Å²) in [5.41, 5.74) is 14.1. The predicted octanol–water partition coefficient (Wildman–Crippen LogP) is 3.88. The van der Waals surface area contributed by atoms with Crippen LogP contribution in [-0.2, 0) is 10.3 Å². The molecule has 6 heteroatoms. The minimum atomic E-state index is -0.600. The molecule has 0 radical (unpaired) electrons. The van der Waals surface area contributed by atoms with E-state index in [4.69, 9.17) is 11.5 Å². The molecule has 2 fully saturated rings. The highest BCUT2D eigenvalue weighted by Crippen LogP contribution is 2.43. The van der Waals surface area contributed by atoms with Gasteiger partial charge in [-0.05, 0) is 68.4 Å². The monoisotopic (exact) mass is 412 g/mol. The topological polar surface area (TPSA) is 94.0 Å². The largest absolute Gasteiger partial charge is 0.353 e. The smallest absolute Gasteiger partial charge is 0.224 e. The van der Waals surface area contributed by atoms with Gasteiger partial charge in [-0.1, -0.05) is 26.2 Å². The minimum Gasteiger partial charge on any atom is -0.353 e. The van der Waals surface area contributed by atoms with Crippen LogP contribution in [0.15, 0.2) is 30.5 Å². The fourth-order valence-electron chi connectivity index (χ4n) is 5.25. The Bertz CT molecular complexity index is 917. The number of nitrogens with zero attached hydrogens (tertiary/aromatic N) is 1. The first kappa shape index (κ1) is 21.2. The first-order valence-electron chi connectivity index (χ1n) is 11.2. The van der Waals surface area contributed by atoms with E-state index in [1.807, 2.05) is 13.0 Å². The van der Waals surface area contributed by atoms with E-state index in [1.54, 1.807) is 12.3 Å². The maximum absolute atomic E-state index is 13.9. The zero-order valence-corrected chi connectivity index (χ0v) is 17.8. The number of amides is 1. The number of halogens is 1. The van der Waals surface area contributed by atoms with Crippen molar-refractivity contribution < 1.29 is 9.18 Å². The van der Waals surface area contributed by atoms with Crippen molar-refractivity contribution in [1.82, 2.24) is 10.3 Å².